The highest BCUT2D eigenvalue weighted by Crippen LogP contribution is 2.58. The van der Waals surface area contributed by atoms with Crippen LogP contribution in [0.4, 0.5) is 0 Å². The number of ether oxygens (including phenoxy) is 11. The van der Waals surface area contributed by atoms with Gasteiger partial charge in [0.2, 0.25) is 76.5 Å². The summed E-state index contributed by atoms with van der Waals surface area (Å²) in [5.41, 5.74) is -16.9. The van der Waals surface area contributed by atoms with Crippen molar-refractivity contribution in [2.75, 3.05) is 13.2 Å². The third-order valence-corrected chi connectivity index (χ3v) is 18.0. The fourth-order valence-electron chi connectivity index (χ4n) is 12.6. The molecule has 2 saturated heterocycles. The lowest BCUT2D eigenvalue weighted by molar-refractivity contribution is -0.283. The van der Waals surface area contributed by atoms with Crippen LogP contribution in [0.15, 0.2) is 54.6 Å². The van der Waals surface area contributed by atoms with Crippen molar-refractivity contribution < 1.29 is 218 Å². The molecule has 8 aromatic rings. The van der Waals surface area contributed by atoms with Gasteiger partial charge in [0.15, 0.2) is 110 Å². The Kier molecular flexibility index (Phi) is 18.1. The summed E-state index contributed by atoms with van der Waals surface area (Å²) in [4.78, 5) is 117. The summed E-state index contributed by atoms with van der Waals surface area (Å²) in [6.07, 6.45) is -25.9. The smallest absolute Gasteiger partial charge is 0.344 e. The molecular formula is C68H48O44. The van der Waals surface area contributed by atoms with E-state index in [-0.39, 0.29) is 18.2 Å². The van der Waals surface area contributed by atoms with Gasteiger partial charge in [-0.05, 0) is 48.5 Å². The molecule has 0 amide bonds. The number of cyclic esters (lactones) is 1. The maximum atomic E-state index is 15.1. The summed E-state index contributed by atoms with van der Waals surface area (Å²) in [6, 6.07) is 2.91. The Balaban J connectivity index is 0.897. The molecule has 584 valence electrons. The number of phenolic OH excluding ortho intramolecular Hbond substituents is 23. The quantitative estimate of drug-likeness (QED) is 0.0614. The van der Waals surface area contributed by atoms with Crippen LogP contribution in [0.2, 0.25) is 0 Å². The number of hydrogen-bond acceptors (Lipinski definition) is 44. The van der Waals surface area contributed by atoms with Crippen LogP contribution < -0.4 is 4.74 Å². The minimum absolute atomic E-state index is 0.175. The summed E-state index contributed by atoms with van der Waals surface area (Å²) in [6.45, 7) is -2.80. The number of hydrogen-bond donors (Lipinski definition) is 25. The van der Waals surface area contributed by atoms with E-state index in [0.717, 1.165) is 0 Å². The van der Waals surface area contributed by atoms with E-state index in [0.29, 0.717) is 36.4 Å². The average Bonchev–Trinajstić information content (AvgIpc) is 0.949. The fraction of sp³-hybridized carbons (Fsp3) is 0.176. The molecule has 0 spiro atoms. The van der Waals surface area contributed by atoms with E-state index >= 15 is 4.79 Å². The molecular weight excluding hydrogens is 1520 g/mol. The molecule has 112 heavy (non-hydrogen) atoms. The molecule has 0 bridgehead atoms. The van der Waals surface area contributed by atoms with Gasteiger partial charge in [-0.1, -0.05) is 0 Å². The Bertz CT molecular complexity index is 5510. The minimum atomic E-state index is -2.99. The summed E-state index contributed by atoms with van der Waals surface area (Å²) in [5, 5.41) is 273. The third-order valence-electron chi connectivity index (χ3n) is 18.0. The Morgan fingerprint density at radius 2 is 0.652 bits per heavy atom. The van der Waals surface area contributed by atoms with Gasteiger partial charge in [-0.3, -0.25) is 0 Å². The van der Waals surface area contributed by atoms with E-state index in [4.69, 9.17) is 52.1 Å². The van der Waals surface area contributed by atoms with Crippen LogP contribution in [0.3, 0.4) is 0 Å². The van der Waals surface area contributed by atoms with Crippen LogP contribution in [0.25, 0.3) is 33.4 Å². The van der Waals surface area contributed by atoms with Gasteiger partial charge in [0.05, 0.1) is 45.6 Å². The first-order chi connectivity index (χ1) is 52.8. The van der Waals surface area contributed by atoms with E-state index in [9.17, 15) is 161 Å². The van der Waals surface area contributed by atoms with Gasteiger partial charge in [0.1, 0.15) is 30.5 Å². The number of aromatic hydroxyl groups is 23. The van der Waals surface area contributed by atoms with E-state index in [1.807, 2.05) is 0 Å². The first-order valence-electron chi connectivity index (χ1n) is 31.2. The van der Waals surface area contributed by atoms with Crippen molar-refractivity contribution >= 4 is 47.8 Å². The number of carbonyl (C=O) groups is 8. The molecule has 2 fully saturated rings. The van der Waals surface area contributed by atoms with E-state index < -0.39 is 344 Å². The average molecular weight is 1570 g/mol. The minimum Gasteiger partial charge on any atom is -0.504 e. The van der Waals surface area contributed by atoms with Crippen molar-refractivity contribution in [3.05, 3.63) is 99.1 Å². The van der Waals surface area contributed by atoms with Crippen LogP contribution in [-0.4, -0.2) is 250 Å². The fourth-order valence-corrected chi connectivity index (χ4v) is 12.6. The predicted molar refractivity (Wildman–Crippen MR) is 344 cm³/mol. The van der Waals surface area contributed by atoms with Crippen molar-refractivity contribution in [2.24, 2.45) is 0 Å². The Hall–Kier alpha value is -15.4. The highest BCUT2D eigenvalue weighted by molar-refractivity contribution is 6.12. The second kappa shape index (κ2) is 27.1. The molecule has 0 radical (unpaired) electrons. The number of aliphatic hydroxyl groups is 2. The van der Waals surface area contributed by atoms with Gasteiger partial charge in [-0.25, -0.2) is 38.4 Å². The predicted octanol–water partition coefficient (Wildman–Crippen LogP) is 1.75. The molecule has 13 rings (SSSR count). The summed E-state index contributed by atoms with van der Waals surface area (Å²) in [7, 11) is 0. The lowest BCUT2D eigenvalue weighted by Gasteiger charge is -2.44. The lowest BCUT2D eigenvalue weighted by atomic mass is 9.91. The van der Waals surface area contributed by atoms with Gasteiger partial charge >= 0.3 is 47.8 Å². The highest BCUT2D eigenvalue weighted by atomic mass is 16.8. The molecule has 0 unspecified atom stereocenters. The number of rotatable bonds is 7. The molecule has 5 aliphatic heterocycles. The Morgan fingerprint density at radius 1 is 0.339 bits per heavy atom. The van der Waals surface area contributed by atoms with Gasteiger partial charge in [0.25, 0.3) is 0 Å². The zero-order chi connectivity index (χ0) is 81.5. The molecule has 0 aromatic heterocycles. The molecule has 44 heteroatoms. The maximum Gasteiger partial charge on any atom is 0.344 e. The van der Waals surface area contributed by atoms with Crippen molar-refractivity contribution in [1.29, 1.82) is 0 Å². The molecule has 0 aliphatic carbocycles. The van der Waals surface area contributed by atoms with E-state index in [1.165, 1.54) is 0 Å². The van der Waals surface area contributed by atoms with Crippen molar-refractivity contribution in [1.82, 2.24) is 0 Å². The molecule has 5 aliphatic rings. The zero-order valence-electron chi connectivity index (χ0n) is 54.8. The second-order valence-electron chi connectivity index (χ2n) is 24.5. The molecule has 44 nitrogen and oxygen atoms in total. The Morgan fingerprint density at radius 3 is 1.04 bits per heavy atom. The molecule has 0 saturated carbocycles. The van der Waals surface area contributed by atoms with Gasteiger partial charge in [0, 0.05) is 39.4 Å². The van der Waals surface area contributed by atoms with Crippen LogP contribution in [0.5, 0.6) is 144 Å². The standard InChI is InChI=1S/C68H48O44/c69-10-29-45(86)55-57(109-64(99)17-7-25(75)42(83)50(91)35(17)33-15(62(97)107-55)5-23(73)40(81)48(33)89)67(104-29)111-59(94)12-1-20(70)37(78)28(2-12)103-53-19(9-27(77)44(85)52(53)93)66(101)112-68-58-56(108-63(98)16-6-24(74)41(82)49(90)34(16)36-18(65(100)110-58)8-26(76)43(84)51(36)92)54-30(105-68)11-102-60(95)13-3-21(71)38(79)46(87)31(13)32-14(61(96)106-54)4-22(72)39(80)47(32)88/h1-9,29-30,45,54-58,67-93H,10-11H2/t29-,30-,45-,54-,55+,56+,57-,58-,67-,68-/m1/s1. The monoisotopic (exact) mass is 1570 g/mol. The lowest BCUT2D eigenvalue weighted by Crippen LogP contribution is -2.63. The second-order valence-corrected chi connectivity index (χ2v) is 24.5. The normalized spacial score (nSPS) is 21.2. The first-order valence-corrected chi connectivity index (χ1v) is 31.2. The maximum absolute atomic E-state index is 15.1. The number of carbonyl (C=O) groups excluding carboxylic acids is 8. The SMILES string of the molecule is O=C(O[C@H]1O[C@H](CO)[C@@H](O)[C@@H]2OC(=O)c3cc(O)c(O)c(O)c3-c3c(cc(O)c(O)c3O)C(=O)O[C@@H]12)c1cc(O)c(O)c(Oc2c(C(=O)O[C@H]3O[C@@H]4COC(=O)c5cc(O)c(O)c(O)c5-c5c(cc(O)c(O)c5O)C(=O)O[C@H]4[C@@H]4OC(=O)c5cc(O)c(O)c(O)c5-c5c(cc(O)c(O)c5O)C(=O)O[C@@H]34)cc(O)c(O)c2O)c1. The molecule has 25 N–H and O–H groups in total. The van der Waals surface area contributed by atoms with Gasteiger partial charge in [-0.2, -0.15) is 0 Å². The van der Waals surface area contributed by atoms with Crippen molar-refractivity contribution in [3.63, 3.8) is 0 Å². The van der Waals surface area contributed by atoms with Crippen LogP contribution in [-0.2, 0) is 47.4 Å². The van der Waals surface area contributed by atoms with Crippen molar-refractivity contribution in [2.45, 2.75) is 61.4 Å². The van der Waals surface area contributed by atoms with E-state index in [1.54, 1.807) is 0 Å². The van der Waals surface area contributed by atoms with Crippen molar-refractivity contribution in [3.8, 4) is 177 Å². The molecule has 8 aromatic carbocycles. The zero-order valence-corrected chi connectivity index (χ0v) is 54.8. The molecule has 5 heterocycles. The third kappa shape index (κ3) is 11.9. The first kappa shape index (κ1) is 74.8. The largest absolute Gasteiger partial charge is 0.504 e. The number of esters is 8. The summed E-state index contributed by atoms with van der Waals surface area (Å²) < 4.78 is 61.9. The number of aliphatic hydroxyl groups excluding tert-OH is 2. The Labute approximate surface area is 614 Å². The van der Waals surface area contributed by atoms with Crippen LogP contribution >= 0.6 is 0 Å². The van der Waals surface area contributed by atoms with Gasteiger partial charge in [-0.15, -0.1) is 0 Å². The topological polar surface area (TPSA) is 744 Å². The summed E-state index contributed by atoms with van der Waals surface area (Å²) in [5.74, 6) is -52.6. The number of phenols is 23. The number of benzene rings is 8. The molecule has 10 atom stereocenters. The highest BCUT2D eigenvalue weighted by Gasteiger charge is 2.58. The summed E-state index contributed by atoms with van der Waals surface area (Å²) >= 11 is 0. The number of fused-ring (bicyclic) bond motifs is 13. The van der Waals surface area contributed by atoms with Crippen LogP contribution in [0, 0.1) is 0 Å². The van der Waals surface area contributed by atoms with Crippen LogP contribution in [0.1, 0.15) is 82.9 Å². The van der Waals surface area contributed by atoms with E-state index in [2.05, 4.69) is 0 Å². The van der Waals surface area contributed by atoms with Gasteiger partial charge < -0.3 is 180 Å².